The molecular weight excluding hydrogens is 418 g/mol. The molecule has 2 aromatic carbocycles. The number of hydrogen-bond donors (Lipinski definition) is 0. The van der Waals surface area contributed by atoms with Crippen molar-refractivity contribution in [2.24, 2.45) is 7.05 Å². The van der Waals surface area contributed by atoms with Crippen LogP contribution in [0.15, 0.2) is 64.2 Å². The molecule has 0 atom stereocenters. The van der Waals surface area contributed by atoms with Gasteiger partial charge in [0.2, 0.25) is 0 Å². The van der Waals surface area contributed by atoms with Crippen LogP contribution in [0.4, 0.5) is 0 Å². The van der Waals surface area contributed by atoms with Crippen LogP contribution >= 0.6 is 0 Å². The van der Waals surface area contributed by atoms with Crippen molar-refractivity contribution in [3.63, 3.8) is 0 Å². The van der Waals surface area contributed by atoms with Gasteiger partial charge in [-0.05, 0) is 29.8 Å². The number of carbonyl (C=O) groups is 1. The van der Waals surface area contributed by atoms with E-state index < -0.39 is 5.97 Å². The van der Waals surface area contributed by atoms with Gasteiger partial charge < -0.3 is 9.30 Å². The Labute approximate surface area is 191 Å². The second kappa shape index (κ2) is 9.72. The van der Waals surface area contributed by atoms with Crippen molar-refractivity contribution in [1.29, 1.82) is 0 Å². The third-order valence-corrected chi connectivity index (χ3v) is 5.85. The lowest BCUT2D eigenvalue weighted by molar-refractivity contribution is 0.0600. The average Bonchev–Trinajstić information content (AvgIpc) is 2.86. The van der Waals surface area contributed by atoms with E-state index in [-0.39, 0.29) is 17.8 Å². The molecule has 0 saturated carbocycles. The highest BCUT2D eigenvalue weighted by atomic mass is 16.5. The standard InChI is InChI=1S/C26H25N3O4/c1-27-23-14-16-28(15-6-9-19-7-4-3-5-8-19)18-22(23)24(30)29(26(27)32)17-20-10-12-21(13-11-20)25(31)33-2/h3-5,7-8,10-13H,14-18H2,1-2H3. The summed E-state index contributed by atoms with van der Waals surface area (Å²) in [5, 5.41) is 0. The molecule has 168 valence electrons. The van der Waals surface area contributed by atoms with Gasteiger partial charge in [-0.25, -0.2) is 9.59 Å². The van der Waals surface area contributed by atoms with Crippen LogP contribution in [0.2, 0.25) is 0 Å². The molecule has 1 aliphatic heterocycles. The van der Waals surface area contributed by atoms with Crippen molar-refractivity contribution < 1.29 is 9.53 Å². The Balaban J connectivity index is 1.57. The Morgan fingerprint density at radius 1 is 1.06 bits per heavy atom. The first-order valence-corrected chi connectivity index (χ1v) is 10.7. The maximum Gasteiger partial charge on any atom is 0.337 e. The predicted octanol–water partition coefficient (Wildman–Crippen LogP) is 1.79. The molecule has 1 aliphatic rings. The quantitative estimate of drug-likeness (QED) is 0.454. The molecule has 3 aromatic rings. The number of aromatic nitrogens is 2. The van der Waals surface area contributed by atoms with Crippen molar-refractivity contribution in [2.45, 2.75) is 19.5 Å². The third kappa shape index (κ3) is 4.81. The Kier molecular flexibility index (Phi) is 6.57. The van der Waals surface area contributed by atoms with E-state index in [0.717, 1.165) is 23.4 Å². The maximum atomic E-state index is 13.3. The van der Waals surface area contributed by atoms with Gasteiger partial charge in [-0.3, -0.25) is 14.3 Å². The van der Waals surface area contributed by atoms with Crippen LogP contribution in [-0.2, 0) is 31.3 Å². The molecule has 1 aromatic heterocycles. The number of nitrogens with zero attached hydrogens (tertiary/aromatic N) is 3. The van der Waals surface area contributed by atoms with Crippen LogP contribution in [0.5, 0.6) is 0 Å². The van der Waals surface area contributed by atoms with Gasteiger partial charge in [0.1, 0.15) is 0 Å². The van der Waals surface area contributed by atoms with E-state index in [2.05, 4.69) is 16.7 Å². The molecule has 33 heavy (non-hydrogen) atoms. The zero-order valence-electron chi connectivity index (χ0n) is 18.7. The summed E-state index contributed by atoms with van der Waals surface area (Å²) in [5.74, 6) is 5.90. The molecule has 2 heterocycles. The number of rotatable bonds is 4. The summed E-state index contributed by atoms with van der Waals surface area (Å²) in [6.07, 6.45) is 0.623. The van der Waals surface area contributed by atoms with Crippen LogP contribution in [0.1, 0.15) is 32.7 Å². The van der Waals surface area contributed by atoms with Crippen LogP contribution in [0.25, 0.3) is 0 Å². The summed E-state index contributed by atoms with van der Waals surface area (Å²) >= 11 is 0. The minimum absolute atomic E-state index is 0.133. The summed E-state index contributed by atoms with van der Waals surface area (Å²) < 4.78 is 7.54. The van der Waals surface area contributed by atoms with Gasteiger partial charge in [0.15, 0.2) is 0 Å². The number of esters is 1. The van der Waals surface area contributed by atoms with Crippen LogP contribution in [-0.4, -0.2) is 40.2 Å². The Bertz CT molecular complexity index is 1340. The monoisotopic (exact) mass is 443 g/mol. The van der Waals surface area contributed by atoms with Crippen molar-refractivity contribution in [3.05, 3.63) is 103 Å². The highest BCUT2D eigenvalue weighted by Gasteiger charge is 2.23. The Morgan fingerprint density at radius 3 is 2.48 bits per heavy atom. The number of fused-ring (bicyclic) bond motifs is 1. The normalized spacial score (nSPS) is 13.0. The van der Waals surface area contributed by atoms with Gasteiger partial charge in [0, 0.05) is 37.8 Å². The van der Waals surface area contributed by atoms with Gasteiger partial charge in [-0.1, -0.05) is 42.2 Å². The smallest absolute Gasteiger partial charge is 0.337 e. The van der Waals surface area contributed by atoms with Gasteiger partial charge >= 0.3 is 11.7 Å². The summed E-state index contributed by atoms with van der Waals surface area (Å²) in [7, 11) is 3.03. The Morgan fingerprint density at radius 2 is 1.79 bits per heavy atom. The molecule has 4 rings (SSSR count). The maximum absolute atomic E-state index is 13.3. The van der Waals surface area contributed by atoms with Gasteiger partial charge in [0.05, 0.1) is 31.3 Å². The van der Waals surface area contributed by atoms with E-state index in [1.807, 2.05) is 30.3 Å². The summed E-state index contributed by atoms with van der Waals surface area (Å²) in [4.78, 5) is 39.9. The molecule has 0 N–H and O–H groups in total. The van der Waals surface area contributed by atoms with Gasteiger partial charge in [-0.15, -0.1) is 0 Å². The van der Waals surface area contributed by atoms with Crippen LogP contribution in [0, 0.1) is 11.8 Å². The van der Waals surface area contributed by atoms with Crippen LogP contribution in [0.3, 0.4) is 0 Å². The number of ether oxygens (including phenoxy) is 1. The molecule has 0 bridgehead atoms. The number of hydrogen-bond acceptors (Lipinski definition) is 5. The summed E-state index contributed by atoms with van der Waals surface area (Å²) in [5.41, 5.74) is 2.94. The zero-order valence-corrected chi connectivity index (χ0v) is 18.7. The Hall–Kier alpha value is -3.89. The van der Waals surface area contributed by atoms with E-state index in [0.29, 0.717) is 30.6 Å². The molecule has 0 saturated heterocycles. The number of methoxy groups -OCH3 is 1. The molecular formula is C26H25N3O4. The first kappa shape index (κ1) is 22.3. The second-order valence-electron chi connectivity index (χ2n) is 7.98. The lowest BCUT2D eigenvalue weighted by Crippen LogP contribution is -2.47. The van der Waals surface area contributed by atoms with Gasteiger partial charge in [-0.2, -0.15) is 0 Å². The molecule has 0 aliphatic carbocycles. The van der Waals surface area contributed by atoms with Crippen molar-refractivity contribution >= 4 is 5.97 Å². The van der Waals surface area contributed by atoms with E-state index in [9.17, 15) is 14.4 Å². The fourth-order valence-electron chi connectivity index (χ4n) is 4.01. The minimum atomic E-state index is -0.432. The lowest BCUT2D eigenvalue weighted by atomic mass is 10.1. The van der Waals surface area contributed by atoms with E-state index >= 15 is 0 Å². The van der Waals surface area contributed by atoms with Gasteiger partial charge in [0.25, 0.3) is 5.56 Å². The average molecular weight is 444 g/mol. The molecule has 0 radical (unpaired) electrons. The highest BCUT2D eigenvalue weighted by molar-refractivity contribution is 5.89. The van der Waals surface area contributed by atoms with Crippen molar-refractivity contribution in [2.75, 3.05) is 20.2 Å². The minimum Gasteiger partial charge on any atom is -0.465 e. The molecule has 0 spiro atoms. The third-order valence-electron chi connectivity index (χ3n) is 5.85. The fourth-order valence-corrected chi connectivity index (χ4v) is 4.01. The van der Waals surface area contributed by atoms with Crippen molar-refractivity contribution in [3.8, 4) is 11.8 Å². The SMILES string of the molecule is COC(=O)c1ccc(Cn2c(=O)c3c(n(C)c2=O)CCN(CC#Cc2ccccc2)C3)cc1. The predicted molar refractivity (Wildman–Crippen MR) is 125 cm³/mol. The number of benzene rings is 2. The highest BCUT2D eigenvalue weighted by Crippen LogP contribution is 2.14. The molecule has 0 amide bonds. The molecule has 0 fully saturated rings. The topological polar surface area (TPSA) is 73.5 Å². The van der Waals surface area contributed by atoms with Crippen molar-refractivity contribution in [1.82, 2.24) is 14.0 Å². The fraction of sp³-hybridized carbons (Fsp3) is 0.269. The summed E-state index contributed by atoms with van der Waals surface area (Å²) in [6.45, 7) is 1.87. The van der Waals surface area contributed by atoms with E-state index in [1.54, 1.807) is 35.9 Å². The van der Waals surface area contributed by atoms with Crippen LogP contribution < -0.4 is 11.2 Å². The zero-order chi connectivity index (χ0) is 23.4. The lowest BCUT2D eigenvalue weighted by Gasteiger charge is -2.28. The largest absolute Gasteiger partial charge is 0.465 e. The first-order valence-electron chi connectivity index (χ1n) is 10.7. The van der Waals surface area contributed by atoms with E-state index in [1.165, 1.54) is 11.7 Å². The number of carbonyl (C=O) groups excluding carboxylic acids is 1. The first-order chi connectivity index (χ1) is 16.0. The second-order valence-corrected chi connectivity index (χ2v) is 7.98. The molecule has 7 nitrogen and oxygen atoms in total. The molecule has 7 heteroatoms. The molecule has 0 unspecified atom stereocenters. The summed E-state index contributed by atoms with van der Waals surface area (Å²) in [6, 6.07) is 16.5. The van der Waals surface area contributed by atoms with E-state index in [4.69, 9.17) is 4.74 Å².